The molecule has 1 saturated heterocycles. The van der Waals surface area contributed by atoms with Crippen LogP contribution in [0.4, 0.5) is 11.4 Å². The van der Waals surface area contributed by atoms with Crippen molar-refractivity contribution in [2.45, 2.75) is 32.6 Å². The highest BCUT2D eigenvalue weighted by atomic mass is 32.2. The Bertz CT molecular complexity index is 631. The molecule has 0 spiro atoms. The first-order chi connectivity index (χ1) is 10.4. The van der Waals surface area contributed by atoms with E-state index in [2.05, 4.69) is 4.72 Å². The van der Waals surface area contributed by atoms with Crippen LogP contribution in [0.25, 0.3) is 0 Å². The Morgan fingerprint density at radius 1 is 1.36 bits per heavy atom. The van der Waals surface area contributed by atoms with Crippen LogP contribution in [0, 0.1) is 0 Å². The number of nitrogens with one attached hydrogen (secondary N) is 1. The Labute approximate surface area is 132 Å². The molecular weight excluding hydrogens is 302 g/mol. The number of hydrogen-bond donors (Lipinski definition) is 1. The molecule has 122 valence electrons. The van der Waals surface area contributed by atoms with Crippen molar-refractivity contribution in [3.8, 4) is 0 Å². The van der Waals surface area contributed by atoms with Crippen LogP contribution in [-0.4, -0.2) is 38.8 Å². The zero-order valence-corrected chi connectivity index (χ0v) is 13.9. The number of nitrogens with zero attached hydrogens (tertiary/aromatic N) is 2. The zero-order valence-electron chi connectivity index (χ0n) is 13.1. The van der Waals surface area contributed by atoms with Crippen LogP contribution in [0.2, 0.25) is 0 Å². The summed E-state index contributed by atoms with van der Waals surface area (Å²) in [7, 11) is -2.00. The smallest absolute Gasteiger partial charge is 0.301 e. The standard InChI is InChI=1S/C15H23N3O3S/c1-3-4-10-17(2)22(20,21)16-13-7-5-8-14(12-13)18-11-6-9-15(18)19/h5,7-8,12,16H,3-4,6,9-11H2,1-2H3. The van der Waals surface area contributed by atoms with Gasteiger partial charge in [0.1, 0.15) is 0 Å². The normalized spacial score (nSPS) is 15.6. The number of amides is 1. The lowest BCUT2D eigenvalue weighted by Crippen LogP contribution is -2.33. The van der Waals surface area contributed by atoms with E-state index in [-0.39, 0.29) is 5.91 Å². The summed E-state index contributed by atoms with van der Waals surface area (Å²) in [5.41, 5.74) is 1.21. The van der Waals surface area contributed by atoms with Crippen molar-refractivity contribution < 1.29 is 13.2 Å². The van der Waals surface area contributed by atoms with Gasteiger partial charge in [-0.25, -0.2) is 0 Å². The number of benzene rings is 1. The summed E-state index contributed by atoms with van der Waals surface area (Å²) >= 11 is 0. The van der Waals surface area contributed by atoms with Gasteiger partial charge in [0.05, 0.1) is 5.69 Å². The van der Waals surface area contributed by atoms with Gasteiger partial charge in [-0.15, -0.1) is 0 Å². The molecule has 0 bridgehead atoms. The monoisotopic (exact) mass is 325 g/mol. The first-order valence-electron chi connectivity index (χ1n) is 7.58. The number of hydrogen-bond acceptors (Lipinski definition) is 3. The molecule has 1 N–H and O–H groups in total. The van der Waals surface area contributed by atoms with E-state index in [1.807, 2.05) is 13.0 Å². The predicted molar refractivity (Wildman–Crippen MR) is 88.1 cm³/mol. The quantitative estimate of drug-likeness (QED) is 0.835. The molecular formula is C15H23N3O3S. The van der Waals surface area contributed by atoms with E-state index < -0.39 is 10.2 Å². The molecule has 0 atom stereocenters. The highest BCUT2D eigenvalue weighted by molar-refractivity contribution is 7.90. The van der Waals surface area contributed by atoms with Crippen molar-refractivity contribution in [1.82, 2.24) is 4.31 Å². The van der Waals surface area contributed by atoms with Crippen LogP contribution >= 0.6 is 0 Å². The second-order valence-electron chi connectivity index (χ2n) is 5.48. The minimum absolute atomic E-state index is 0.0834. The summed E-state index contributed by atoms with van der Waals surface area (Å²) in [4.78, 5) is 13.5. The van der Waals surface area contributed by atoms with Gasteiger partial charge in [0, 0.05) is 32.2 Å². The van der Waals surface area contributed by atoms with Gasteiger partial charge < -0.3 is 4.90 Å². The van der Waals surface area contributed by atoms with Gasteiger partial charge in [0.2, 0.25) is 5.91 Å². The van der Waals surface area contributed by atoms with E-state index in [1.54, 1.807) is 30.1 Å². The average Bonchev–Trinajstić information content (AvgIpc) is 2.90. The number of rotatable bonds is 7. The van der Waals surface area contributed by atoms with E-state index in [4.69, 9.17) is 0 Å². The second kappa shape index (κ2) is 7.11. The van der Waals surface area contributed by atoms with Crippen LogP contribution in [0.15, 0.2) is 24.3 Å². The highest BCUT2D eigenvalue weighted by Gasteiger charge is 2.22. The Balaban J connectivity index is 2.11. The van der Waals surface area contributed by atoms with E-state index >= 15 is 0 Å². The molecule has 0 saturated carbocycles. The molecule has 1 aliphatic rings. The highest BCUT2D eigenvalue weighted by Crippen LogP contribution is 2.24. The minimum atomic E-state index is -3.56. The van der Waals surface area contributed by atoms with Gasteiger partial charge in [-0.3, -0.25) is 9.52 Å². The zero-order chi connectivity index (χ0) is 16.2. The fraction of sp³-hybridized carbons (Fsp3) is 0.533. The number of unbranched alkanes of at least 4 members (excludes halogenated alkanes) is 1. The molecule has 1 aliphatic heterocycles. The van der Waals surface area contributed by atoms with Gasteiger partial charge in [0.25, 0.3) is 0 Å². The van der Waals surface area contributed by atoms with E-state index in [0.29, 0.717) is 25.2 Å². The first-order valence-corrected chi connectivity index (χ1v) is 9.02. The molecule has 1 aromatic carbocycles. The van der Waals surface area contributed by atoms with Crippen LogP contribution in [0.3, 0.4) is 0 Å². The summed E-state index contributed by atoms with van der Waals surface area (Å²) in [6, 6.07) is 6.97. The summed E-state index contributed by atoms with van der Waals surface area (Å²) in [5, 5.41) is 0. The molecule has 22 heavy (non-hydrogen) atoms. The van der Waals surface area contributed by atoms with Crippen molar-refractivity contribution in [1.29, 1.82) is 0 Å². The maximum absolute atomic E-state index is 12.2. The van der Waals surface area contributed by atoms with Gasteiger partial charge in [0.15, 0.2) is 0 Å². The fourth-order valence-electron chi connectivity index (χ4n) is 2.39. The third-order valence-corrected chi connectivity index (χ3v) is 5.21. The lowest BCUT2D eigenvalue weighted by molar-refractivity contribution is -0.117. The maximum Gasteiger partial charge on any atom is 0.301 e. The molecule has 0 radical (unpaired) electrons. The largest absolute Gasteiger partial charge is 0.312 e. The van der Waals surface area contributed by atoms with Gasteiger partial charge in [-0.1, -0.05) is 19.4 Å². The molecule has 2 rings (SSSR count). The fourth-order valence-corrected chi connectivity index (χ4v) is 3.34. The van der Waals surface area contributed by atoms with Gasteiger partial charge in [-0.2, -0.15) is 12.7 Å². The average molecular weight is 325 g/mol. The Morgan fingerprint density at radius 3 is 2.77 bits per heavy atom. The van der Waals surface area contributed by atoms with Crippen molar-refractivity contribution in [3.63, 3.8) is 0 Å². The Morgan fingerprint density at radius 2 is 2.14 bits per heavy atom. The number of anilines is 2. The van der Waals surface area contributed by atoms with Crippen LogP contribution in [0.1, 0.15) is 32.6 Å². The molecule has 0 aliphatic carbocycles. The van der Waals surface area contributed by atoms with Crippen molar-refractivity contribution >= 4 is 27.5 Å². The second-order valence-corrected chi connectivity index (χ2v) is 7.26. The first kappa shape index (κ1) is 16.8. The maximum atomic E-state index is 12.2. The van der Waals surface area contributed by atoms with Crippen molar-refractivity contribution in [3.05, 3.63) is 24.3 Å². The lowest BCUT2D eigenvalue weighted by atomic mass is 10.2. The van der Waals surface area contributed by atoms with Gasteiger partial charge in [-0.05, 0) is 31.0 Å². The molecule has 1 aromatic rings. The lowest BCUT2D eigenvalue weighted by Gasteiger charge is -2.20. The number of carbonyl (C=O) groups is 1. The van der Waals surface area contributed by atoms with Crippen LogP contribution < -0.4 is 9.62 Å². The van der Waals surface area contributed by atoms with Crippen molar-refractivity contribution in [2.24, 2.45) is 0 Å². The third kappa shape index (κ3) is 3.98. The van der Waals surface area contributed by atoms with Crippen molar-refractivity contribution in [2.75, 3.05) is 29.8 Å². The SMILES string of the molecule is CCCCN(C)S(=O)(=O)Nc1cccc(N2CCCC2=O)c1. The topological polar surface area (TPSA) is 69.7 Å². The van der Waals surface area contributed by atoms with E-state index in [0.717, 1.165) is 24.9 Å². The third-order valence-electron chi connectivity index (χ3n) is 3.71. The predicted octanol–water partition coefficient (Wildman–Crippen LogP) is 2.20. The van der Waals surface area contributed by atoms with Crippen LogP contribution in [0.5, 0.6) is 0 Å². The summed E-state index contributed by atoms with van der Waals surface area (Å²) in [5.74, 6) is 0.0834. The molecule has 1 amide bonds. The van der Waals surface area contributed by atoms with Gasteiger partial charge >= 0.3 is 10.2 Å². The molecule has 0 aromatic heterocycles. The molecule has 1 fully saturated rings. The van der Waals surface area contributed by atoms with E-state index in [1.165, 1.54) is 4.31 Å². The Hall–Kier alpha value is -1.60. The Kier molecular flexibility index (Phi) is 5.42. The van der Waals surface area contributed by atoms with Crippen LogP contribution in [-0.2, 0) is 15.0 Å². The summed E-state index contributed by atoms with van der Waals surface area (Å²) < 4.78 is 28.3. The number of carbonyl (C=O) groups excluding carboxylic acids is 1. The molecule has 6 nitrogen and oxygen atoms in total. The molecule has 1 heterocycles. The summed E-state index contributed by atoms with van der Waals surface area (Å²) in [6.07, 6.45) is 3.15. The summed E-state index contributed by atoms with van der Waals surface area (Å²) in [6.45, 7) is 3.19. The van der Waals surface area contributed by atoms with E-state index in [9.17, 15) is 13.2 Å². The molecule has 0 unspecified atom stereocenters. The minimum Gasteiger partial charge on any atom is -0.312 e. The molecule has 7 heteroatoms.